The standard InChI is InChI=1S/C25H20N8S/c1-4-8-20-16(5-1)9-11-32(20)25-30-23(26-13-21-28-18-6-2-3-7-19(18)29-21)22-24(31-25)33(15-27-22)17-10-12-34-14-17/h1-8,10,12,14-15H,9,11,13H2,(H,28,29)(H,26,30,31). The molecule has 0 bridgehead atoms. The van der Waals surface area contributed by atoms with E-state index in [-0.39, 0.29) is 0 Å². The van der Waals surface area contributed by atoms with E-state index in [2.05, 4.69) is 66.3 Å². The van der Waals surface area contributed by atoms with Gasteiger partial charge in [0.1, 0.15) is 12.2 Å². The lowest BCUT2D eigenvalue weighted by Gasteiger charge is -2.18. The van der Waals surface area contributed by atoms with Crippen molar-refractivity contribution in [1.82, 2.24) is 29.5 Å². The van der Waals surface area contributed by atoms with Crippen LogP contribution < -0.4 is 10.2 Å². The van der Waals surface area contributed by atoms with Crippen molar-refractivity contribution in [2.75, 3.05) is 16.8 Å². The Kier molecular flexibility index (Phi) is 4.34. The molecule has 1 aliphatic rings. The summed E-state index contributed by atoms with van der Waals surface area (Å²) in [7, 11) is 0. The van der Waals surface area contributed by atoms with Crippen molar-refractivity contribution in [2.24, 2.45) is 0 Å². The number of fused-ring (bicyclic) bond motifs is 3. The van der Waals surface area contributed by atoms with Crippen LogP contribution in [0.3, 0.4) is 0 Å². The van der Waals surface area contributed by atoms with Crippen molar-refractivity contribution in [2.45, 2.75) is 13.0 Å². The number of hydrogen-bond acceptors (Lipinski definition) is 7. The lowest BCUT2D eigenvalue weighted by atomic mass is 10.2. The van der Waals surface area contributed by atoms with Gasteiger partial charge in [-0.3, -0.25) is 4.57 Å². The first-order valence-corrected chi connectivity index (χ1v) is 12.1. The fourth-order valence-corrected chi connectivity index (χ4v) is 5.15. The highest BCUT2D eigenvalue weighted by molar-refractivity contribution is 7.08. The topological polar surface area (TPSA) is 87.5 Å². The van der Waals surface area contributed by atoms with Crippen LogP contribution in [-0.4, -0.2) is 36.0 Å². The van der Waals surface area contributed by atoms with E-state index in [0.29, 0.717) is 18.3 Å². The van der Waals surface area contributed by atoms with Gasteiger partial charge in [0.2, 0.25) is 5.95 Å². The summed E-state index contributed by atoms with van der Waals surface area (Å²) < 4.78 is 2.02. The van der Waals surface area contributed by atoms with Gasteiger partial charge in [-0.1, -0.05) is 30.3 Å². The number of anilines is 3. The molecule has 0 amide bonds. The molecule has 0 saturated carbocycles. The molecule has 4 aromatic heterocycles. The molecule has 166 valence electrons. The highest BCUT2D eigenvalue weighted by atomic mass is 32.1. The Morgan fingerprint density at radius 2 is 1.91 bits per heavy atom. The Morgan fingerprint density at radius 1 is 1.00 bits per heavy atom. The maximum absolute atomic E-state index is 4.98. The van der Waals surface area contributed by atoms with E-state index in [9.17, 15) is 0 Å². The van der Waals surface area contributed by atoms with Crippen molar-refractivity contribution in [3.05, 3.63) is 83.1 Å². The van der Waals surface area contributed by atoms with Crippen LogP contribution in [0.25, 0.3) is 27.9 Å². The van der Waals surface area contributed by atoms with E-state index in [4.69, 9.17) is 9.97 Å². The summed E-state index contributed by atoms with van der Waals surface area (Å²) in [6.07, 6.45) is 2.79. The van der Waals surface area contributed by atoms with E-state index in [1.807, 2.05) is 35.2 Å². The van der Waals surface area contributed by atoms with E-state index < -0.39 is 0 Å². The second-order valence-electron chi connectivity index (χ2n) is 8.23. The highest BCUT2D eigenvalue weighted by Gasteiger charge is 2.24. The first kappa shape index (κ1) is 19.2. The normalized spacial score (nSPS) is 13.1. The molecule has 0 fully saturated rings. The van der Waals surface area contributed by atoms with Crippen molar-refractivity contribution in [1.29, 1.82) is 0 Å². The van der Waals surface area contributed by atoms with Crippen LogP contribution in [0.15, 0.2) is 71.7 Å². The minimum atomic E-state index is 0.502. The van der Waals surface area contributed by atoms with Crippen molar-refractivity contribution < 1.29 is 0 Å². The number of thiophene rings is 1. The number of para-hydroxylation sites is 3. The quantitative estimate of drug-likeness (QED) is 0.371. The lowest BCUT2D eigenvalue weighted by Crippen LogP contribution is -2.18. The predicted molar refractivity (Wildman–Crippen MR) is 135 cm³/mol. The van der Waals surface area contributed by atoms with Gasteiger partial charge in [-0.15, -0.1) is 0 Å². The molecule has 0 aliphatic carbocycles. The molecule has 7 rings (SSSR count). The van der Waals surface area contributed by atoms with Gasteiger partial charge in [-0.2, -0.15) is 21.3 Å². The molecule has 0 spiro atoms. The zero-order valence-corrected chi connectivity index (χ0v) is 19.0. The van der Waals surface area contributed by atoms with Crippen LogP contribution in [0.2, 0.25) is 0 Å². The van der Waals surface area contributed by atoms with E-state index >= 15 is 0 Å². The van der Waals surface area contributed by atoms with E-state index in [1.54, 1.807) is 11.3 Å². The Labute approximate surface area is 199 Å². The minimum Gasteiger partial charge on any atom is -0.361 e. The molecule has 0 saturated heterocycles. The number of benzene rings is 2. The second kappa shape index (κ2) is 7.67. The second-order valence-corrected chi connectivity index (χ2v) is 9.01. The van der Waals surface area contributed by atoms with Gasteiger partial charge in [-0.05, 0) is 41.6 Å². The largest absolute Gasteiger partial charge is 0.361 e. The average Bonchev–Trinajstić information content (AvgIpc) is 3.66. The number of H-pyrrole nitrogens is 1. The molecule has 8 nitrogen and oxygen atoms in total. The molecule has 0 unspecified atom stereocenters. The average molecular weight is 465 g/mol. The highest BCUT2D eigenvalue weighted by Crippen LogP contribution is 2.34. The zero-order chi connectivity index (χ0) is 22.5. The minimum absolute atomic E-state index is 0.502. The number of nitrogens with one attached hydrogen (secondary N) is 2. The Bertz CT molecular complexity index is 1600. The molecule has 34 heavy (non-hydrogen) atoms. The first-order valence-electron chi connectivity index (χ1n) is 11.1. The third-order valence-corrected chi connectivity index (χ3v) is 6.83. The number of aromatic amines is 1. The first-order chi connectivity index (χ1) is 16.8. The van der Waals surface area contributed by atoms with Gasteiger partial charge in [0.25, 0.3) is 0 Å². The Hall–Kier alpha value is -4.24. The van der Waals surface area contributed by atoms with Crippen molar-refractivity contribution >= 4 is 51.0 Å². The molecule has 2 aromatic carbocycles. The molecular formula is C25H20N8S. The molecule has 0 atom stereocenters. The summed E-state index contributed by atoms with van der Waals surface area (Å²) in [5, 5.41) is 7.62. The van der Waals surface area contributed by atoms with Crippen LogP contribution in [0, 0.1) is 0 Å². The maximum atomic E-state index is 4.98. The molecular weight excluding hydrogens is 444 g/mol. The van der Waals surface area contributed by atoms with Crippen molar-refractivity contribution in [3.8, 4) is 5.69 Å². The zero-order valence-electron chi connectivity index (χ0n) is 18.1. The maximum Gasteiger partial charge on any atom is 0.234 e. The summed E-state index contributed by atoms with van der Waals surface area (Å²) in [5.74, 6) is 2.21. The summed E-state index contributed by atoms with van der Waals surface area (Å²) in [6.45, 7) is 1.35. The Morgan fingerprint density at radius 3 is 2.82 bits per heavy atom. The van der Waals surface area contributed by atoms with Crippen LogP contribution in [-0.2, 0) is 13.0 Å². The monoisotopic (exact) mass is 464 g/mol. The summed E-state index contributed by atoms with van der Waals surface area (Å²) >= 11 is 1.65. The number of hydrogen-bond donors (Lipinski definition) is 2. The third-order valence-electron chi connectivity index (χ3n) is 6.16. The van der Waals surface area contributed by atoms with Gasteiger partial charge in [0.05, 0.1) is 23.3 Å². The molecule has 5 heterocycles. The number of imidazole rings is 2. The molecule has 6 aromatic rings. The predicted octanol–water partition coefficient (Wildman–Crippen LogP) is 5.06. The van der Waals surface area contributed by atoms with Gasteiger partial charge in [0, 0.05) is 17.6 Å². The molecule has 2 N–H and O–H groups in total. The summed E-state index contributed by atoms with van der Waals surface area (Å²) in [6, 6.07) is 18.5. The number of rotatable bonds is 5. The fraction of sp³-hybridized carbons (Fsp3) is 0.120. The van der Waals surface area contributed by atoms with Crippen LogP contribution in [0.5, 0.6) is 0 Å². The SMILES string of the molecule is c1ccc2c(c1)CCN2c1nc(NCc2nc3ccccc3[nH]2)c2ncn(-c3ccsc3)c2n1. The third kappa shape index (κ3) is 3.12. The molecule has 1 aliphatic heterocycles. The van der Waals surface area contributed by atoms with Gasteiger partial charge in [-0.25, -0.2) is 9.97 Å². The smallest absolute Gasteiger partial charge is 0.234 e. The summed E-state index contributed by atoms with van der Waals surface area (Å²) in [5.41, 5.74) is 6.99. The number of nitrogens with zero attached hydrogens (tertiary/aromatic N) is 6. The van der Waals surface area contributed by atoms with Crippen LogP contribution >= 0.6 is 11.3 Å². The molecule has 0 radical (unpaired) electrons. The van der Waals surface area contributed by atoms with Gasteiger partial charge >= 0.3 is 0 Å². The van der Waals surface area contributed by atoms with Gasteiger partial charge < -0.3 is 15.2 Å². The number of aromatic nitrogens is 6. The van der Waals surface area contributed by atoms with Crippen LogP contribution in [0.1, 0.15) is 11.4 Å². The summed E-state index contributed by atoms with van der Waals surface area (Å²) in [4.78, 5) is 24.8. The van der Waals surface area contributed by atoms with E-state index in [0.717, 1.165) is 52.4 Å². The fourth-order valence-electron chi connectivity index (χ4n) is 4.52. The molecule has 9 heteroatoms. The lowest BCUT2D eigenvalue weighted by molar-refractivity contribution is 0.934. The Balaban J connectivity index is 1.32. The van der Waals surface area contributed by atoms with Crippen LogP contribution in [0.4, 0.5) is 17.5 Å². The van der Waals surface area contributed by atoms with Crippen molar-refractivity contribution in [3.63, 3.8) is 0 Å². The van der Waals surface area contributed by atoms with E-state index in [1.165, 1.54) is 5.56 Å². The van der Waals surface area contributed by atoms with Gasteiger partial charge in [0.15, 0.2) is 17.0 Å².